The molecule has 2 aromatic rings. The molecule has 0 amide bonds. The molecule has 0 fully saturated rings. The first kappa shape index (κ1) is 10.8. The van der Waals surface area contributed by atoms with Gasteiger partial charge in [-0.1, -0.05) is 22.9 Å². The van der Waals surface area contributed by atoms with Crippen molar-refractivity contribution in [3.8, 4) is 0 Å². The number of aldehydes is 1. The molecule has 0 atom stereocenters. The van der Waals surface area contributed by atoms with Crippen molar-refractivity contribution in [2.24, 2.45) is 0 Å². The third kappa shape index (κ3) is 2.25. The van der Waals surface area contributed by atoms with Crippen molar-refractivity contribution < 1.29 is 9.18 Å². The minimum atomic E-state index is -0.477. The van der Waals surface area contributed by atoms with E-state index in [0.29, 0.717) is 18.4 Å². The Morgan fingerprint density at radius 3 is 2.94 bits per heavy atom. The van der Waals surface area contributed by atoms with Crippen LogP contribution in [0.4, 0.5) is 4.39 Å². The summed E-state index contributed by atoms with van der Waals surface area (Å²) in [5.41, 5.74) is 0.943. The van der Waals surface area contributed by atoms with Crippen LogP contribution in [0.25, 0.3) is 0 Å². The fraction of sp³-hybridized carbons (Fsp3) is 0.100. The number of carbonyl (C=O) groups excluding carboxylic acids is 1. The molecule has 0 N–H and O–H groups in total. The quantitative estimate of drug-likeness (QED) is 0.769. The van der Waals surface area contributed by atoms with Gasteiger partial charge in [-0.2, -0.15) is 0 Å². The van der Waals surface area contributed by atoms with E-state index in [1.165, 1.54) is 23.0 Å². The van der Waals surface area contributed by atoms with E-state index in [1.807, 2.05) is 0 Å². The molecular formula is C10H7ClFN3O. The van der Waals surface area contributed by atoms with Gasteiger partial charge < -0.3 is 0 Å². The Hall–Kier alpha value is -1.75. The number of carbonyl (C=O) groups is 1. The highest BCUT2D eigenvalue weighted by atomic mass is 35.5. The summed E-state index contributed by atoms with van der Waals surface area (Å²) in [6.07, 6.45) is 2.09. The van der Waals surface area contributed by atoms with Gasteiger partial charge in [0.05, 0.1) is 17.8 Å². The van der Waals surface area contributed by atoms with E-state index >= 15 is 0 Å². The Labute approximate surface area is 95.6 Å². The SMILES string of the molecule is O=Cc1cn(Cc2ccc(Cl)c(F)c2)nn1. The maximum atomic E-state index is 13.1. The number of halogens is 2. The lowest BCUT2D eigenvalue weighted by Gasteiger charge is -2.01. The average molecular weight is 240 g/mol. The van der Waals surface area contributed by atoms with Crippen LogP contribution in [-0.2, 0) is 6.54 Å². The summed E-state index contributed by atoms with van der Waals surface area (Å²) in [5, 5.41) is 7.39. The molecule has 1 aromatic heterocycles. The van der Waals surface area contributed by atoms with E-state index in [-0.39, 0.29) is 10.7 Å². The van der Waals surface area contributed by atoms with E-state index in [1.54, 1.807) is 6.07 Å². The Kier molecular flexibility index (Phi) is 2.96. The highest BCUT2D eigenvalue weighted by molar-refractivity contribution is 6.30. The summed E-state index contributed by atoms with van der Waals surface area (Å²) in [6.45, 7) is 0.342. The first-order valence-corrected chi connectivity index (χ1v) is 4.86. The van der Waals surface area contributed by atoms with Gasteiger partial charge in [0.15, 0.2) is 6.29 Å². The summed E-state index contributed by atoms with van der Waals surface area (Å²) in [4.78, 5) is 10.4. The van der Waals surface area contributed by atoms with Crippen molar-refractivity contribution in [1.29, 1.82) is 0 Å². The van der Waals surface area contributed by atoms with Gasteiger partial charge in [-0.05, 0) is 17.7 Å². The first-order valence-electron chi connectivity index (χ1n) is 4.48. The van der Waals surface area contributed by atoms with Crippen LogP contribution in [0.2, 0.25) is 5.02 Å². The average Bonchev–Trinajstić information content (AvgIpc) is 2.71. The standard InChI is InChI=1S/C10H7ClFN3O/c11-9-2-1-7(3-10(9)12)4-15-5-8(6-16)13-14-15/h1-3,5-6H,4H2. The Morgan fingerprint density at radius 1 is 1.50 bits per heavy atom. The van der Waals surface area contributed by atoms with Crippen LogP contribution in [0.3, 0.4) is 0 Å². The third-order valence-corrected chi connectivity index (χ3v) is 2.31. The fourth-order valence-electron chi connectivity index (χ4n) is 1.27. The fourth-order valence-corrected chi connectivity index (χ4v) is 1.39. The van der Waals surface area contributed by atoms with E-state index in [9.17, 15) is 9.18 Å². The lowest BCUT2D eigenvalue weighted by atomic mass is 10.2. The molecule has 82 valence electrons. The molecule has 0 aliphatic carbocycles. The van der Waals surface area contributed by atoms with Crippen molar-refractivity contribution in [3.05, 3.63) is 46.5 Å². The molecule has 0 radical (unpaired) electrons. The maximum absolute atomic E-state index is 13.1. The number of nitrogens with zero attached hydrogens (tertiary/aromatic N) is 3. The predicted molar refractivity (Wildman–Crippen MR) is 55.9 cm³/mol. The van der Waals surface area contributed by atoms with Gasteiger partial charge in [-0.3, -0.25) is 4.79 Å². The van der Waals surface area contributed by atoms with Crippen molar-refractivity contribution in [2.75, 3.05) is 0 Å². The maximum Gasteiger partial charge on any atom is 0.171 e. The van der Waals surface area contributed by atoms with Gasteiger partial charge in [0.25, 0.3) is 0 Å². The molecule has 2 rings (SSSR count). The summed E-state index contributed by atoms with van der Waals surface area (Å²) >= 11 is 5.55. The summed E-state index contributed by atoms with van der Waals surface area (Å²) in [5.74, 6) is -0.477. The predicted octanol–water partition coefficient (Wildman–Crippen LogP) is 1.93. The monoisotopic (exact) mass is 239 g/mol. The van der Waals surface area contributed by atoms with Gasteiger partial charge in [-0.25, -0.2) is 9.07 Å². The molecule has 0 saturated heterocycles. The van der Waals surface area contributed by atoms with E-state index in [2.05, 4.69) is 10.3 Å². The smallest absolute Gasteiger partial charge is 0.171 e. The zero-order valence-corrected chi connectivity index (χ0v) is 8.86. The first-order chi connectivity index (χ1) is 7.69. The van der Waals surface area contributed by atoms with Crippen LogP contribution in [-0.4, -0.2) is 21.3 Å². The summed E-state index contributed by atoms with van der Waals surface area (Å²) < 4.78 is 14.6. The molecule has 1 aromatic carbocycles. The van der Waals surface area contributed by atoms with Crippen LogP contribution in [0.1, 0.15) is 16.1 Å². The minimum absolute atomic E-state index is 0.0796. The number of rotatable bonds is 3. The lowest BCUT2D eigenvalue weighted by Crippen LogP contribution is -2.00. The highest BCUT2D eigenvalue weighted by Gasteiger charge is 2.03. The molecule has 0 aliphatic rings. The van der Waals surface area contributed by atoms with Gasteiger partial charge in [-0.15, -0.1) is 5.10 Å². The lowest BCUT2D eigenvalue weighted by molar-refractivity contribution is 0.111. The zero-order valence-electron chi connectivity index (χ0n) is 8.10. The van der Waals surface area contributed by atoms with Gasteiger partial charge in [0.2, 0.25) is 0 Å². The van der Waals surface area contributed by atoms with Gasteiger partial charge >= 0.3 is 0 Å². The van der Waals surface area contributed by atoms with Crippen molar-refractivity contribution in [2.45, 2.75) is 6.54 Å². The van der Waals surface area contributed by atoms with Crippen LogP contribution < -0.4 is 0 Å². The van der Waals surface area contributed by atoms with Crippen LogP contribution >= 0.6 is 11.6 Å². The zero-order chi connectivity index (χ0) is 11.5. The van der Waals surface area contributed by atoms with Gasteiger partial charge in [0.1, 0.15) is 11.5 Å². The van der Waals surface area contributed by atoms with Crippen LogP contribution in [0.5, 0.6) is 0 Å². The molecule has 6 heteroatoms. The third-order valence-electron chi connectivity index (χ3n) is 2.01. The van der Waals surface area contributed by atoms with E-state index < -0.39 is 5.82 Å². The van der Waals surface area contributed by atoms with Crippen LogP contribution in [0.15, 0.2) is 24.4 Å². The molecule has 0 aliphatic heterocycles. The second-order valence-electron chi connectivity index (χ2n) is 3.21. The molecule has 0 unspecified atom stereocenters. The Bertz CT molecular complexity index is 527. The van der Waals surface area contributed by atoms with E-state index in [0.717, 1.165) is 0 Å². The molecule has 0 bridgehead atoms. The normalized spacial score (nSPS) is 10.4. The Morgan fingerprint density at radius 2 is 2.31 bits per heavy atom. The number of aromatic nitrogens is 3. The highest BCUT2D eigenvalue weighted by Crippen LogP contribution is 2.15. The largest absolute Gasteiger partial charge is 0.296 e. The molecule has 4 nitrogen and oxygen atoms in total. The Balaban J connectivity index is 2.20. The topological polar surface area (TPSA) is 47.8 Å². The minimum Gasteiger partial charge on any atom is -0.296 e. The molecule has 0 saturated carbocycles. The van der Waals surface area contributed by atoms with Crippen molar-refractivity contribution >= 4 is 17.9 Å². The summed E-state index contributed by atoms with van der Waals surface area (Å²) in [7, 11) is 0. The molecule has 0 spiro atoms. The molecule has 1 heterocycles. The van der Waals surface area contributed by atoms with Crippen molar-refractivity contribution in [1.82, 2.24) is 15.0 Å². The number of hydrogen-bond acceptors (Lipinski definition) is 3. The van der Waals surface area contributed by atoms with Gasteiger partial charge in [0, 0.05) is 0 Å². The van der Waals surface area contributed by atoms with Crippen LogP contribution in [0, 0.1) is 5.82 Å². The second kappa shape index (κ2) is 4.40. The summed E-state index contributed by atoms with van der Waals surface area (Å²) in [6, 6.07) is 4.49. The number of hydrogen-bond donors (Lipinski definition) is 0. The van der Waals surface area contributed by atoms with Crippen molar-refractivity contribution in [3.63, 3.8) is 0 Å². The molecular weight excluding hydrogens is 233 g/mol. The molecule has 16 heavy (non-hydrogen) atoms. The number of benzene rings is 1. The van der Waals surface area contributed by atoms with E-state index in [4.69, 9.17) is 11.6 Å². The second-order valence-corrected chi connectivity index (χ2v) is 3.61.